The van der Waals surface area contributed by atoms with Gasteiger partial charge in [-0.25, -0.2) is 19.8 Å². The first-order chi connectivity index (χ1) is 23.8. The van der Waals surface area contributed by atoms with Gasteiger partial charge in [0.05, 0.1) is 7.11 Å². The smallest absolute Gasteiger partial charge is 0.303 e. The standard InChI is InChI=1S/C34H30FN7O4.CH2O2/c1-46-31-9-7-23(15-30(31)43)28-20-40-33(27(17-37)32(28)24-6-8-26(16-36)39-19-24)42-12-10-25(11-13-42)38-18-22-4-2-21(3-5-22)14-29(35)34(44)41-45;2-1-3/h2-9,14-15,19-20,25,38,43,45H,10-13,18H2,1H3,(H,41,44);1H,(H,2,3)/b29-14-;. The predicted octanol–water partition coefficient (Wildman–Crippen LogP) is 4.54. The molecule has 0 bridgehead atoms. The molecule has 5 rings (SSSR count). The van der Waals surface area contributed by atoms with Crippen molar-refractivity contribution in [3.63, 3.8) is 0 Å². The van der Waals surface area contributed by atoms with E-state index in [-0.39, 0.29) is 24.0 Å². The Hall–Kier alpha value is -6.35. The fraction of sp³-hybridized carbons (Fsp3) is 0.200. The Morgan fingerprint density at radius 2 is 1.76 bits per heavy atom. The third-order valence-electron chi connectivity index (χ3n) is 7.81. The maximum Gasteiger partial charge on any atom is 0.303 e. The summed E-state index contributed by atoms with van der Waals surface area (Å²) in [5, 5.41) is 49.2. The van der Waals surface area contributed by atoms with Crippen LogP contribution in [0.25, 0.3) is 28.3 Å². The minimum absolute atomic E-state index is 0.0465. The van der Waals surface area contributed by atoms with Crippen molar-refractivity contribution in [2.45, 2.75) is 25.4 Å². The number of halogens is 1. The number of phenols is 1. The largest absolute Gasteiger partial charge is 0.504 e. The summed E-state index contributed by atoms with van der Waals surface area (Å²) in [4.78, 5) is 30.6. The van der Waals surface area contributed by atoms with Gasteiger partial charge < -0.3 is 25.2 Å². The van der Waals surface area contributed by atoms with E-state index in [9.17, 15) is 24.8 Å². The molecule has 0 saturated carbocycles. The highest BCUT2D eigenvalue weighted by Crippen LogP contribution is 2.40. The van der Waals surface area contributed by atoms with Crippen LogP contribution in [-0.4, -0.2) is 64.0 Å². The highest BCUT2D eigenvalue weighted by molar-refractivity contribution is 5.94. The number of nitrogens with zero attached hydrogens (tertiary/aromatic N) is 5. The van der Waals surface area contributed by atoms with Gasteiger partial charge in [0.1, 0.15) is 29.2 Å². The molecule has 250 valence electrons. The van der Waals surface area contributed by atoms with E-state index in [1.165, 1.54) is 12.6 Å². The molecule has 1 fully saturated rings. The van der Waals surface area contributed by atoms with Crippen molar-refractivity contribution < 1.29 is 34.1 Å². The second-order valence-corrected chi connectivity index (χ2v) is 10.7. The van der Waals surface area contributed by atoms with E-state index in [4.69, 9.17) is 24.8 Å². The van der Waals surface area contributed by atoms with Gasteiger partial charge in [-0.15, -0.1) is 0 Å². The second-order valence-electron chi connectivity index (χ2n) is 10.7. The van der Waals surface area contributed by atoms with E-state index in [1.807, 2.05) is 18.2 Å². The zero-order valence-corrected chi connectivity index (χ0v) is 26.3. The van der Waals surface area contributed by atoms with Crippen molar-refractivity contribution in [2.24, 2.45) is 0 Å². The van der Waals surface area contributed by atoms with Crippen LogP contribution in [0.4, 0.5) is 10.2 Å². The number of nitriles is 2. The molecular weight excluding hydrogens is 633 g/mol. The SMILES string of the molecule is COc1ccc(-c2cnc(N3CCC(NCc4ccc(/C=C(\F)C(=O)NO)cc4)CC3)c(C#N)c2-c2ccc(C#N)nc2)cc1O.O=CO. The molecule has 0 radical (unpaired) electrons. The third kappa shape index (κ3) is 8.72. The Bertz CT molecular complexity index is 1900. The van der Waals surface area contributed by atoms with E-state index in [2.05, 4.69) is 21.3 Å². The van der Waals surface area contributed by atoms with Crippen LogP contribution in [-0.2, 0) is 16.1 Å². The van der Waals surface area contributed by atoms with Crippen LogP contribution < -0.4 is 20.4 Å². The zero-order chi connectivity index (χ0) is 35.3. The van der Waals surface area contributed by atoms with E-state index in [0.29, 0.717) is 64.6 Å². The molecule has 49 heavy (non-hydrogen) atoms. The molecule has 13 nitrogen and oxygen atoms in total. The number of amides is 1. The van der Waals surface area contributed by atoms with Crippen molar-refractivity contribution in [3.05, 3.63) is 95.2 Å². The quantitative estimate of drug-likeness (QED) is 0.0723. The van der Waals surface area contributed by atoms with Crippen molar-refractivity contribution in [1.29, 1.82) is 10.5 Å². The van der Waals surface area contributed by atoms with Crippen molar-refractivity contribution in [2.75, 3.05) is 25.1 Å². The van der Waals surface area contributed by atoms with Crippen LogP contribution in [0, 0.1) is 22.7 Å². The Kier molecular flexibility index (Phi) is 12.3. The number of carbonyl (C=O) groups is 2. The van der Waals surface area contributed by atoms with Crippen molar-refractivity contribution in [3.8, 4) is 45.9 Å². The monoisotopic (exact) mass is 665 g/mol. The van der Waals surface area contributed by atoms with Crippen molar-refractivity contribution in [1.82, 2.24) is 20.8 Å². The molecule has 4 aromatic rings. The normalized spacial score (nSPS) is 12.9. The maximum absolute atomic E-state index is 13.7. The molecule has 2 aromatic heterocycles. The minimum atomic E-state index is -1.20. The number of phenolic OH excluding ortho intramolecular Hbond substituents is 1. The van der Waals surface area contributed by atoms with Crippen LogP contribution in [0.1, 0.15) is 35.2 Å². The summed E-state index contributed by atoms with van der Waals surface area (Å²) >= 11 is 0. The summed E-state index contributed by atoms with van der Waals surface area (Å²) in [6.07, 6.45) is 5.90. The lowest BCUT2D eigenvalue weighted by atomic mass is 9.92. The van der Waals surface area contributed by atoms with Gasteiger partial charge in [0.25, 0.3) is 6.47 Å². The van der Waals surface area contributed by atoms with Crippen LogP contribution in [0.15, 0.2) is 72.8 Å². The number of hydrogen-bond donors (Lipinski definition) is 5. The van der Waals surface area contributed by atoms with Crippen molar-refractivity contribution >= 4 is 24.3 Å². The molecular formula is C35H32FN7O6. The number of nitrogens with one attached hydrogen (secondary N) is 2. The molecule has 1 saturated heterocycles. The predicted molar refractivity (Wildman–Crippen MR) is 177 cm³/mol. The fourth-order valence-corrected chi connectivity index (χ4v) is 5.39. The molecule has 0 spiro atoms. The lowest BCUT2D eigenvalue weighted by Gasteiger charge is -2.34. The number of aromatic nitrogens is 2. The molecule has 5 N–H and O–H groups in total. The number of carboxylic acid groups (broad SMARTS) is 1. The third-order valence-corrected chi connectivity index (χ3v) is 7.81. The summed E-state index contributed by atoms with van der Waals surface area (Å²) in [6, 6.07) is 20.0. The second kappa shape index (κ2) is 17.0. The van der Waals surface area contributed by atoms with Crippen LogP contribution >= 0.6 is 0 Å². The highest BCUT2D eigenvalue weighted by atomic mass is 19.1. The number of pyridine rings is 2. The van der Waals surface area contributed by atoms with Gasteiger partial charge >= 0.3 is 5.91 Å². The Labute approximate surface area is 281 Å². The number of rotatable bonds is 9. The molecule has 0 atom stereocenters. The number of anilines is 1. The van der Waals surface area contributed by atoms with E-state index >= 15 is 0 Å². The number of hydroxylamine groups is 1. The van der Waals surface area contributed by atoms with Gasteiger partial charge in [0, 0.05) is 54.8 Å². The molecule has 14 heteroatoms. The minimum Gasteiger partial charge on any atom is -0.504 e. The molecule has 1 aliphatic rings. The first-order valence-electron chi connectivity index (χ1n) is 14.9. The summed E-state index contributed by atoms with van der Waals surface area (Å²) in [5.74, 6) is -1.47. The number of hydrogen-bond acceptors (Lipinski definition) is 11. The number of carbonyl (C=O) groups excluding carboxylic acids is 1. The Morgan fingerprint density at radius 3 is 2.33 bits per heavy atom. The van der Waals surface area contributed by atoms with Gasteiger partial charge in [0.2, 0.25) is 0 Å². The molecule has 2 aromatic carbocycles. The zero-order valence-electron chi connectivity index (χ0n) is 26.3. The summed E-state index contributed by atoms with van der Waals surface area (Å²) < 4.78 is 18.9. The number of ether oxygens (including phenoxy) is 1. The highest BCUT2D eigenvalue weighted by Gasteiger charge is 2.26. The fourth-order valence-electron chi connectivity index (χ4n) is 5.39. The Balaban J connectivity index is 0.00000174. The molecule has 0 aliphatic carbocycles. The molecule has 1 aliphatic heterocycles. The van der Waals surface area contributed by atoms with E-state index < -0.39 is 11.7 Å². The summed E-state index contributed by atoms with van der Waals surface area (Å²) in [6.45, 7) is 1.65. The van der Waals surface area contributed by atoms with Gasteiger partial charge in [0.15, 0.2) is 17.3 Å². The first-order valence-corrected chi connectivity index (χ1v) is 14.9. The van der Waals surface area contributed by atoms with Gasteiger partial charge in [-0.3, -0.25) is 14.8 Å². The van der Waals surface area contributed by atoms with E-state index in [0.717, 1.165) is 24.5 Å². The first kappa shape index (κ1) is 35.5. The van der Waals surface area contributed by atoms with Crippen LogP contribution in [0.3, 0.4) is 0 Å². The number of aromatic hydroxyl groups is 1. The topological polar surface area (TPSA) is 205 Å². The summed E-state index contributed by atoms with van der Waals surface area (Å²) in [7, 11) is 1.47. The van der Waals surface area contributed by atoms with Crippen LogP contribution in [0.5, 0.6) is 11.5 Å². The summed E-state index contributed by atoms with van der Waals surface area (Å²) in [5.41, 5.74) is 5.87. The van der Waals surface area contributed by atoms with Gasteiger partial charge in [-0.1, -0.05) is 30.3 Å². The maximum atomic E-state index is 13.7. The lowest BCUT2D eigenvalue weighted by molar-refractivity contribution is -0.126. The Morgan fingerprint density at radius 1 is 1.06 bits per heavy atom. The average Bonchev–Trinajstić information content (AvgIpc) is 3.14. The molecule has 1 amide bonds. The number of benzene rings is 2. The van der Waals surface area contributed by atoms with E-state index in [1.54, 1.807) is 54.9 Å². The number of piperidine rings is 1. The van der Waals surface area contributed by atoms with Gasteiger partial charge in [-0.05, 0) is 59.9 Å². The van der Waals surface area contributed by atoms with Gasteiger partial charge in [-0.2, -0.15) is 10.5 Å². The molecule has 0 unspecified atom stereocenters. The lowest BCUT2D eigenvalue weighted by Crippen LogP contribution is -2.42. The van der Waals surface area contributed by atoms with Crippen LogP contribution in [0.2, 0.25) is 0 Å². The molecule has 3 heterocycles. The number of methoxy groups -OCH3 is 1. The average molecular weight is 666 g/mol.